The van der Waals surface area contributed by atoms with E-state index in [0.29, 0.717) is 16.6 Å². The van der Waals surface area contributed by atoms with E-state index in [9.17, 15) is 14.4 Å². The number of hydrogen-bond acceptors (Lipinski definition) is 4. The number of imide groups is 2. The van der Waals surface area contributed by atoms with Gasteiger partial charge < -0.3 is 4.90 Å². The summed E-state index contributed by atoms with van der Waals surface area (Å²) in [7, 11) is 0. The molecule has 7 heteroatoms. The first kappa shape index (κ1) is 23.1. The highest BCUT2D eigenvalue weighted by atomic mass is 35.5. The number of anilines is 2. The summed E-state index contributed by atoms with van der Waals surface area (Å²) in [6.07, 6.45) is 2.59. The van der Waals surface area contributed by atoms with E-state index in [4.69, 9.17) is 11.6 Å². The largest absolute Gasteiger partial charge is 0.366 e. The Morgan fingerprint density at radius 2 is 1.82 bits per heavy atom. The number of benzene rings is 2. The predicted molar refractivity (Wildman–Crippen MR) is 132 cm³/mol. The molecule has 0 aliphatic carbocycles. The van der Waals surface area contributed by atoms with Gasteiger partial charge in [0.2, 0.25) is 0 Å². The second-order valence-electron chi connectivity index (χ2n) is 9.36. The van der Waals surface area contributed by atoms with Crippen molar-refractivity contribution in [2.24, 2.45) is 0 Å². The molecule has 0 bridgehead atoms. The van der Waals surface area contributed by atoms with Crippen molar-refractivity contribution >= 4 is 46.9 Å². The minimum atomic E-state index is -0.777. The summed E-state index contributed by atoms with van der Waals surface area (Å²) in [6, 6.07) is 9.75. The van der Waals surface area contributed by atoms with Crippen molar-refractivity contribution in [2.45, 2.75) is 52.5 Å². The molecule has 2 aromatic rings. The third-order valence-corrected chi connectivity index (χ3v) is 6.83. The first-order valence-electron chi connectivity index (χ1n) is 11.1. The SMILES string of the molecule is CCN1c2cc(C)c(/C=C3/C(=O)NC(=O)N(c4ccc(Cl)cc4)C3=O)cc2C(C)CC1(C)C. The summed E-state index contributed by atoms with van der Waals surface area (Å²) in [5.74, 6) is -1.03. The van der Waals surface area contributed by atoms with Gasteiger partial charge in [0.15, 0.2) is 0 Å². The molecule has 0 aromatic heterocycles. The molecule has 2 aliphatic rings. The van der Waals surface area contributed by atoms with Gasteiger partial charge in [0.05, 0.1) is 5.69 Å². The maximum absolute atomic E-state index is 13.2. The summed E-state index contributed by atoms with van der Waals surface area (Å²) < 4.78 is 0. The van der Waals surface area contributed by atoms with Gasteiger partial charge in [0.1, 0.15) is 5.57 Å². The van der Waals surface area contributed by atoms with Crippen LogP contribution in [0.2, 0.25) is 5.02 Å². The lowest BCUT2D eigenvalue weighted by Gasteiger charge is -2.47. The summed E-state index contributed by atoms with van der Waals surface area (Å²) in [6.45, 7) is 11.7. The Labute approximate surface area is 199 Å². The normalized spacial score (nSPS) is 21.3. The topological polar surface area (TPSA) is 69.7 Å². The van der Waals surface area contributed by atoms with E-state index < -0.39 is 17.8 Å². The van der Waals surface area contributed by atoms with Crippen molar-refractivity contribution in [1.82, 2.24) is 5.32 Å². The number of urea groups is 1. The smallest absolute Gasteiger partial charge is 0.335 e. The predicted octanol–water partition coefficient (Wildman–Crippen LogP) is 5.43. The van der Waals surface area contributed by atoms with Gasteiger partial charge >= 0.3 is 6.03 Å². The van der Waals surface area contributed by atoms with Gasteiger partial charge in [0.25, 0.3) is 11.8 Å². The zero-order chi connectivity index (χ0) is 24.1. The number of barbiturate groups is 1. The third-order valence-electron chi connectivity index (χ3n) is 6.58. The van der Waals surface area contributed by atoms with Crippen LogP contribution in [0.25, 0.3) is 6.08 Å². The second kappa shape index (κ2) is 8.34. The molecular weight excluding hydrogens is 438 g/mol. The molecule has 0 radical (unpaired) electrons. The van der Waals surface area contributed by atoms with E-state index in [1.165, 1.54) is 11.3 Å². The Morgan fingerprint density at radius 1 is 1.15 bits per heavy atom. The highest BCUT2D eigenvalue weighted by Crippen LogP contribution is 2.44. The average molecular weight is 466 g/mol. The van der Waals surface area contributed by atoms with Crippen LogP contribution in [0.3, 0.4) is 0 Å². The minimum Gasteiger partial charge on any atom is -0.366 e. The third kappa shape index (κ3) is 4.04. The van der Waals surface area contributed by atoms with E-state index in [0.717, 1.165) is 29.0 Å². The zero-order valence-corrected chi connectivity index (χ0v) is 20.3. The number of fused-ring (bicyclic) bond motifs is 1. The molecular formula is C26H28ClN3O3. The molecule has 1 unspecified atom stereocenters. The number of halogens is 1. The van der Waals surface area contributed by atoms with Crippen LogP contribution in [0.15, 0.2) is 42.0 Å². The molecule has 6 nitrogen and oxygen atoms in total. The minimum absolute atomic E-state index is 0.0479. The lowest BCUT2D eigenvalue weighted by atomic mass is 9.79. The lowest BCUT2D eigenvalue weighted by Crippen LogP contribution is -2.54. The number of nitrogens with zero attached hydrogens (tertiary/aromatic N) is 2. The summed E-state index contributed by atoms with van der Waals surface area (Å²) in [5.41, 5.74) is 4.45. The Hall–Kier alpha value is -3.12. The fourth-order valence-corrected chi connectivity index (χ4v) is 5.17. The molecule has 1 atom stereocenters. The second-order valence-corrected chi connectivity index (χ2v) is 9.80. The lowest BCUT2D eigenvalue weighted by molar-refractivity contribution is -0.122. The number of carbonyl (C=O) groups excluding carboxylic acids is 3. The van der Waals surface area contributed by atoms with Crippen molar-refractivity contribution < 1.29 is 14.4 Å². The van der Waals surface area contributed by atoms with E-state index in [2.05, 4.69) is 50.0 Å². The zero-order valence-electron chi connectivity index (χ0n) is 19.5. The van der Waals surface area contributed by atoms with Gasteiger partial charge in [-0.3, -0.25) is 14.9 Å². The van der Waals surface area contributed by atoms with E-state index in [1.54, 1.807) is 30.3 Å². The van der Waals surface area contributed by atoms with E-state index in [-0.39, 0.29) is 11.1 Å². The molecule has 33 heavy (non-hydrogen) atoms. The Morgan fingerprint density at radius 3 is 2.45 bits per heavy atom. The van der Waals surface area contributed by atoms with Gasteiger partial charge in [-0.2, -0.15) is 0 Å². The monoisotopic (exact) mass is 465 g/mol. The number of aryl methyl sites for hydroxylation is 1. The van der Waals surface area contributed by atoms with E-state index in [1.807, 2.05) is 6.92 Å². The molecule has 2 heterocycles. The Balaban J connectivity index is 1.77. The summed E-state index contributed by atoms with van der Waals surface area (Å²) in [5, 5.41) is 2.76. The van der Waals surface area contributed by atoms with E-state index >= 15 is 0 Å². The highest BCUT2D eigenvalue weighted by Gasteiger charge is 2.38. The number of nitrogens with one attached hydrogen (secondary N) is 1. The van der Waals surface area contributed by atoms with Crippen LogP contribution in [0, 0.1) is 6.92 Å². The quantitative estimate of drug-likeness (QED) is 0.485. The van der Waals surface area contributed by atoms with Gasteiger partial charge in [-0.05, 0) is 99.2 Å². The Bertz CT molecular complexity index is 1180. The molecule has 1 N–H and O–H groups in total. The van der Waals surface area contributed by atoms with Crippen LogP contribution in [0.4, 0.5) is 16.2 Å². The number of hydrogen-bond donors (Lipinski definition) is 1. The number of amides is 4. The summed E-state index contributed by atoms with van der Waals surface area (Å²) >= 11 is 5.94. The van der Waals surface area contributed by atoms with Crippen molar-refractivity contribution in [1.29, 1.82) is 0 Å². The van der Waals surface area contributed by atoms with Crippen LogP contribution < -0.4 is 15.1 Å². The molecule has 4 amide bonds. The van der Waals surface area contributed by atoms with Crippen molar-refractivity contribution in [3.05, 3.63) is 63.7 Å². The average Bonchev–Trinajstić information content (AvgIpc) is 2.72. The van der Waals surface area contributed by atoms with Crippen LogP contribution in [-0.2, 0) is 9.59 Å². The van der Waals surface area contributed by atoms with Crippen molar-refractivity contribution in [3.63, 3.8) is 0 Å². The van der Waals surface area contributed by atoms with Crippen LogP contribution in [0.1, 0.15) is 56.7 Å². The maximum Gasteiger partial charge on any atom is 0.335 e. The molecule has 2 aliphatic heterocycles. The Kier molecular flexibility index (Phi) is 5.83. The molecule has 1 saturated heterocycles. The molecule has 0 saturated carbocycles. The van der Waals surface area contributed by atoms with Crippen LogP contribution in [-0.4, -0.2) is 29.9 Å². The maximum atomic E-state index is 13.2. The van der Waals surface area contributed by atoms with Gasteiger partial charge in [-0.15, -0.1) is 0 Å². The van der Waals surface area contributed by atoms with Crippen molar-refractivity contribution in [3.8, 4) is 0 Å². The van der Waals surface area contributed by atoms with Gasteiger partial charge in [0, 0.05) is 22.8 Å². The van der Waals surface area contributed by atoms with Crippen molar-refractivity contribution in [2.75, 3.05) is 16.3 Å². The first-order chi connectivity index (χ1) is 15.5. The van der Waals surface area contributed by atoms with Crippen LogP contribution in [0.5, 0.6) is 0 Å². The summed E-state index contributed by atoms with van der Waals surface area (Å²) in [4.78, 5) is 41.6. The number of carbonyl (C=O) groups is 3. The molecule has 1 fully saturated rings. The molecule has 4 rings (SSSR count). The fourth-order valence-electron chi connectivity index (χ4n) is 5.04. The van der Waals surface area contributed by atoms with Crippen LogP contribution >= 0.6 is 11.6 Å². The number of rotatable bonds is 3. The first-order valence-corrected chi connectivity index (χ1v) is 11.5. The molecule has 2 aromatic carbocycles. The molecule has 172 valence electrons. The van der Waals surface area contributed by atoms with Gasteiger partial charge in [-0.25, -0.2) is 9.69 Å². The standard InChI is InChI=1S/C26H28ClN3O3/c1-6-29-22-11-15(2)17(12-20(22)16(3)14-26(29,4)5)13-21-23(31)28-25(33)30(24(21)32)19-9-7-18(27)8-10-19/h7-13,16H,6,14H2,1-5H3,(H,28,31,33)/b21-13-. The molecule has 0 spiro atoms. The fraction of sp³-hybridized carbons (Fsp3) is 0.346. The van der Waals surface area contributed by atoms with Gasteiger partial charge in [-0.1, -0.05) is 18.5 Å². The highest BCUT2D eigenvalue weighted by molar-refractivity contribution is 6.39.